The molecule has 106 heavy (non-hydrogen) atoms. The Labute approximate surface area is 633 Å². The number of esters is 4. The highest BCUT2D eigenvalue weighted by Gasteiger charge is 2.39. The maximum atomic E-state index is 14.7. The molecule has 0 aromatic heterocycles. The van der Waals surface area contributed by atoms with Crippen LogP contribution in [0.1, 0.15) is 355 Å². The Hall–Kier alpha value is -7.98. The summed E-state index contributed by atoms with van der Waals surface area (Å²) in [5.74, 6) is 0.270. The molecule has 0 bridgehead atoms. The molecule has 11 rings (SSSR count). The van der Waals surface area contributed by atoms with Gasteiger partial charge in [-0.25, -0.2) is 19.2 Å². The fraction of sp³-hybridized carbons (Fsp3) is 0.521. The van der Waals surface area contributed by atoms with E-state index in [-0.39, 0.29) is 45.3 Å². The number of hydrogen-bond acceptors (Lipinski definition) is 10. The Morgan fingerprint density at radius 2 is 0.547 bits per heavy atom. The van der Waals surface area contributed by atoms with Crippen molar-refractivity contribution in [2.75, 3.05) is 0 Å². The van der Waals surface area contributed by atoms with Crippen LogP contribution in [-0.4, -0.2) is 23.9 Å². The van der Waals surface area contributed by atoms with Gasteiger partial charge in [0, 0.05) is 43.1 Å². The zero-order valence-electron chi connectivity index (χ0n) is 64.9. The smallest absolute Gasteiger partial charge is 0.346 e. The molecule has 0 saturated heterocycles. The van der Waals surface area contributed by atoms with E-state index < -0.39 is 23.9 Å². The van der Waals surface area contributed by atoms with E-state index in [4.69, 9.17) is 28.4 Å². The van der Waals surface area contributed by atoms with Crippen LogP contribution in [0.4, 0.5) is 0 Å². The van der Waals surface area contributed by atoms with Crippen LogP contribution in [0.3, 0.4) is 0 Å². The summed E-state index contributed by atoms with van der Waals surface area (Å²) in [5, 5.41) is 3.52. The highest BCUT2D eigenvalue weighted by atomic mass is 16.6. The zero-order chi connectivity index (χ0) is 73.7. The maximum absolute atomic E-state index is 14.7. The van der Waals surface area contributed by atoms with E-state index in [1.165, 1.54) is 248 Å². The van der Waals surface area contributed by atoms with Crippen LogP contribution in [0.5, 0.6) is 40.2 Å². The third-order valence-electron chi connectivity index (χ3n) is 22.6. The van der Waals surface area contributed by atoms with Gasteiger partial charge in [0.25, 0.3) is 0 Å². The fourth-order valence-electron chi connectivity index (χ4n) is 16.5. The molecule has 10 heteroatoms. The predicted octanol–water partition coefficient (Wildman–Crippen LogP) is 29.3. The van der Waals surface area contributed by atoms with E-state index in [2.05, 4.69) is 76.2 Å². The molecule has 2 aliphatic heterocycles. The molecule has 0 saturated carbocycles. The standard InChI is InChI=1S/C96H122O10/c1-5-9-13-17-21-25-29-33-37-41-45-69-49-57-73(58-50-69)101-81-65-77-85-78(94(98)105-93(77)97)67-83(103-75-61-53-71(54-62-75)47-43-39-35-31-27-23-19-15-11-7-3)89-90-84(104-76-63-55-72(56-64-76)48-44-40-36-32-28-24-20-16-12-8-4)68-80-86-79(95(99)106-96(80)100)66-82(88(92(86)90)87(81)91(85)89)102-74-59-51-70(52-60-74)46-42-38-34-30-26-22-18-14-10-6-2/h49-55,57-68,72H,5-48,56H2,1-4H3. The molecule has 1 aliphatic carbocycles. The molecule has 0 radical (unpaired) electrons. The lowest BCUT2D eigenvalue weighted by atomic mass is 9.82. The summed E-state index contributed by atoms with van der Waals surface area (Å²) in [7, 11) is 0. The molecule has 1 atom stereocenters. The lowest BCUT2D eigenvalue weighted by Gasteiger charge is -2.28. The number of allylic oxidation sites excluding steroid dienone is 3. The monoisotopic (exact) mass is 1430 g/mol. The molecule has 0 amide bonds. The van der Waals surface area contributed by atoms with Crippen molar-refractivity contribution in [3.63, 3.8) is 0 Å². The molecule has 3 aliphatic rings. The Kier molecular flexibility index (Phi) is 31.3. The molecule has 0 spiro atoms. The van der Waals surface area contributed by atoms with E-state index in [0.29, 0.717) is 72.0 Å². The summed E-state index contributed by atoms with van der Waals surface area (Å²) >= 11 is 0. The van der Waals surface area contributed by atoms with Gasteiger partial charge < -0.3 is 28.4 Å². The molecule has 1 unspecified atom stereocenters. The molecule has 8 aromatic carbocycles. The number of aryl methyl sites for hydroxylation is 3. The van der Waals surface area contributed by atoms with E-state index in [1.54, 1.807) is 24.3 Å². The molecular weight excluding hydrogens is 1310 g/mol. The third-order valence-corrected chi connectivity index (χ3v) is 22.6. The number of benzene rings is 8. The van der Waals surface area contributed by atoms with Crippen molar-refractivity contribution in [1.29, 1.82) is 0 Å². The topological polar surface area (TPSA) is 124 Å². The molecule has 2 heterocycles. The second-order valence-corrected chi connectivity index (χ2v) is 31.1. The van der Waals surface area contributed by atoms with Gasteiger partial charge in [0.15, 0.2) is 0 Å². The second-order valence-electron chi connectivity index (χ2n) is 31.1. The van der Waals surface area contributed by atoms with E-state index in [0.717, 1.165) is 57.8 Å². The second kappa shape index (κ2) is 42.0. The SMILES string of the molecule is CCCCCCCCCCCCc1ccc(Oc2cc3c4c(cc(OC5=CCC(CCCCCCCCCCCC)C=C5)c5c6c(Oc7ccc(CCCCCCCCCCCC)cc7)cc7c8c(cc(Oc9ccc(CCCCCCCCCCCC)cc9)c(c2c45)c86)C(=O)OC7=O)C(=O)OC3=O)cc1. The van der Waals surface area contributed by atoms with E-state index in [9.17, 15) is 19.2 Å². The first-order valence-electron chi connectivity index (χ1n) is 42.4. The summed E-state index contributed by atoms with van der Waals surface area (Å²) in [6, 6.07) is 31.1. The molecule has 566 valence electrons. The number of hydrogen-bond donors (Lipinski definition) is 0. The average molecular weight is 1440 g/mol. The molecule has 10 nitrogen and oxygen atoms in total. The summed E-state index contributed by atoms with van der Waals surface area (Å²) in [6.45, 7) is 9.07. The maximum Gasteiger partial charge on any atom is 0.346 e. The summed E-state index contributed by atoms with van der Waals surface area (Å²) < 4.78 is 40.3. The zero-order valence-corrected chi connectivity index (χ0v) is 64.9. The van der Waals surface area contributed by atoms with Crippen molar-refractivity contribution in [1.82, 2.24) is 0 Å². The van der Waals surface area contributed by atoms with Gasteiger partial charge in [-0.3, -0.25) is 0 Å². The van der Waals surface area contributed by atoms with Crippen LogP contribution in [0, 0.1) is 5.92 Å². The normalized spacial score (nSPS) is 14.1. The van der Waals surface area contributed by atoms with Gasteiger partial charge in [-0.05, 0) is 147 Å². The van der Waals surface area contributed by atoms with E-state index in [1.807, 2.05) is 42.5 Å². The Morgan fingerprint density at radius 1 is 0.292 bits per heavy atom. The quantitative estimate of drug-likeness (QED) is 0.0120. The Bertz CT molecular complexity index is 4170. The van der Waals surface area contributed by atoms with Crippen molar-refractivity contribution >= 4 is 67.0 Å². The number of fused-ring (bicyclic) bond motifs is 2. The average Bonchev–Trinajstić information content (AvgIpc) is 0.676. The lowest BCUT2D eigenvalue weighted by Crippen LogP contribution is -2.21. The first-order valence-corrected chi connectivity index (χ1v) is 42.4. The summed E-state index contributed by atoms with van der Waals surface area (Å²) in [5.41, 5.74) is 4.12. The van der Waals surface area contributed by atoms with Gasteiger partial charge in [0.2, 0.25) is 0 Å². The summed E-state index contributed by atoms with van der Waals surface area (Å²) in [6.07, 6.45) is 61.7. The molecular formula is C96H122O10. The number of carbonyl (C=O) groups excluding carboxylic acids is 4. The van der Waals surface area contributed by atoms with Crippen LogP contribution >= 0.6 is 0 Å². The van der Waals surface area contributed by atoms with Gasteiger partial charge in [-0.2, -0.15) is 0 Å². The van der Waals surface area contributed by atoms with Crippen LogP contribution in [-0.2, 0) is 28.7 Å². The minimum atomic E-state index is -0.821. The van der Waals surface area contributed by atoms with Crippen molar-refractivity contribution in [3.05, 3.63) is 160 Å². The van der Waals surface area contributed by atoms with Crippen LogP contribution in [0.2, 0.25) is 0 Å². The Morgan fingerprint density at radius 3 is 0.811 bits per heavy atom. The van der Waals surface area contributed by atoms with Crippen molar-refractivity contribution in [2.24, 2.45) is 5.92 Å². The van der Waals surface area contributed by atoms with Crippen LogP contribution in [0.15, 0.2) is 121 Å². The van der Waals surface area contributed by atoms with Crippen LogP contribution in [0.25, 0.3) is 43.1 Å². The number of cyclic esters (lactones) is 4. The van der Waals surface area contributed by atoms with E-state index >= 15 is 0 Å². The van der Waals surface area contributed by atoms with Gasteiger partial charge in [0.1, 0.15) is 46.0 Å². The highest BCUT2D eigenvalue weighted by molar-refractivity contribution is 6.43. The minimum absolute atomic E-state index is 0.132. The first kappa shape index (κ1) is 79.1. The Balaban J connectivity index is 1.00. The summed E-state index contributed by atoms with van der Waals surface area (Å²) in [4.78, 5) is 58.7. The highest BCUT2D eigenvalue weighted by Crippen LogP contribution is 2.58. The number of ether oxygens (including phenoxy) is 6. The molecule has 0 N–H and O–H groups in total. The minimum Gasteiger partial charge on any atom is -0.457 e. The number of carbonyl (C=O) groups is 4. The fourth-order valence-corrected chi connectivity index (χ4v) is 16.5. The third kappa shape index (κ3) is 21.7. The number of rotatable bonds is 52. The first-order chi connectivity index (χ1) is 52.1. The van der Waals surface area contributed by atoms with Crippen molar-refractivity contribution < 1.29 is 47.6 Å². The van der Waals surface area contributed by atoms with Gasteiger partial charge in [-0.1, -0.05) is 308 Å². The van der Waals surface area contributed by atoms with Crippen molar-refractivity contribution in [3.8, 4) is 40.2 Å². The molecule has 8 aromatic rings. The predicted molar refractivity (Wildman–Crippen MR) is 436 cm³/mol. The van der Waals surface area contributed by atoms with Crippen LogP contribution < -0.4 is 18.9 Å². The van der Waals surface area contributed by atoms with Crippen molar-refractivity contribution in [2.45, 2.75) is 317 Å². The van der Waals surface area contributed by atoms with Gasteiger partial charge in [-0.15, -0.1) is 0 Å². The van der Waals surface area contributed by atoms with Gasteiger partial charge >= 0.3 is 23.9 Å². The lowest BCUT2D eigenvalue weighted by molar-refractivity contribution is 0.0373. The largest absolute Gasteiger partial charge is 0.457 e. The molecule has 0 fully saturated rings. The van der Waals surface area contributed by atoms with Gasteiger partial charge in [0.05, 0.1) is 22.3 Å². The number of unbranched alkanes of at least 4 members (excludes halogenated alkanes) is 36.